The fraction of sp³-hybridized carbons (Fsp3) is 0.632. The van der Waals surface area contributed by atoms with Crippen molar-refractivity contribution < 1.29 is 9.90 Å². The van der Waals surface area contributed by atoms with Gasteiger partial charge in [0, 0.05) is 5.92 Å². The Morgan fingerprint density at radius 3 is 2.32 bits per heavy atom. The third kappa shape index (κ3) is 13.3. The summed E-state index contributed by atoms with van der Waals surface area (Å²) in [6.07, 6.45) is 11.2. The Kier molecular flexibility index (Phi) is 13.1. The van der Waals surface area contributed by atoms with Crippen LogP contribution >= 0.6 is 0 Å². The van der Waals surface area contributed by atoms with Crippen LogP contribution in [0.4, 0.5) is 0 Å². The molecule has 0 radical (unpaired) electrons. The van der Waals surface area contributed by atoms with Gasteiger partial charge in [-0.2, -0.15) is 0 Å². The second kappa shape index (κ2) is 14.2. The molecule has 3 heteroatoms. The Morgan fingerprint density at radius 2 is 1.73 bits per heavy atom. The first-order valence-electron chi connectivity index (χ1n) is 8.21. The minimum atomic E-state index is -0.886. The molecule has 0 aliphatic rings. The van der Waals surface area contributed by atoms with Crippen LogP contribution in [0, 0.1) is 29.6 Å². The van der Waals surface area contributed by atoms with Gasteiger partial charge in [-0.1, -0.05) is 69.8 Å². The highest BCUT2D eigenvalue weighted by Gasteiger charge is 2.04. The molecule has 0 fully saturated rings. The van der Waals surface area contributed by atoms with E-state index < -0.39 is 5.97 Å². The largest absolute Gasteiger partial charge is 0.481 e. The first-order chi connectivity index (χ1) is 10.6. The zero-order valence-corrected chi connectivity index (χ0v) is 13.7. The highest BCUT2D eigenvalue weighted by molar-refractivity contribution is 5.68. The van der Waals surface area contributed by atoms with Gasteiger partial charge in [-0.3, -0.25) is 4.79 Å². The van der Waals surface area contributed by atoms with Crippen molar-refractivity contribution in [3.8, 4) is 23.7 Å². The van der Waals surface area contributed by atoms with Crippen LogP contribution in [0.1, 0.15) is 64.7 Å². The third-order valence-electron chi connectivity index (χ3n) is 3.38. The average molecular weight is 303 g/mol. The molecular formula is C19H29NO2. The van der Waals surface area contributed by atoms with Gasteiger partial charge in [0.25, 0.3) is 0 Å². The second-order valence-electron chi connectivity index (χ2n) is 5.50. The number of rotatable bonds is 11. The van der Waals surface area contributed by atoms with Crippen molar-refractivity contribution in [2.24, 2.45) is 11.7 Å². The molecule has 0 aromatic heterocycles. The molecule has 0 aliphatic carbocycles. The Balaban J connectivity index is 3.86. The molecule has 122 valence electrons. The lowest BCUT2D eigenvalue weighted by molar-refractivity contribution is -0.137. The minimum Gasteiger partial charge on any atom is -0.481 e. The van der Waals surface area contributed by atoms with Gasteiger partial charge in [0.1, 0.15) is 0 Å². The van der Waals surface area contributed by atoms with E-state index in [1.165, 1.54) is 44.6 Å². The summed E-state index contributed by atoms with van der Waals surface area (Å²) >= 11 is 0. The maximum absolute atomic E-state index is 10.6. The molecule has 0 saturated carbocycles. The van der Waals surface area contributed by atoms with Crippen LogP contribution in [0.15, 0.2) is 12.7 Å². The Bertz CT molecular complexity index is 434. The summed E-state index contributed by atoms with van der Waals surface area (Å²) < 4.78 is 0. The van der Waals surface area contributed by atoms with Crippen molar-refractivity contribution in [2.45, 2.75) is 70.8 Å². The molecule has 0 saturated heterocycles. The van der Waals surface area contributed by atoms with E-state index in [-0.39, 0.29) is 18.4 Å². The summed E-state index contributed by atoms with van der Waals surface area (Å²) in [5, 5.41) is 8.68. The Morgan fingerprint density at radius 1 is 1.14 bits per heavy atom. The van der Waals surface area contributed by atoms with Crippen LogP contribution in [-0.2, 0) is 4.79 Å². The lowest BCUT2D eigenvalue weighted by atomic mass is 10.1. The monoisotopic (exact) mass is 303 g/mol. The lowest BCUT2D eigenvalue weighted by Crippen LogP contribution is -2.16. The van der Waals surface area contributed by atoms with E-state index in [1.807, 2.05) is 0 Å². The Hall–Kier alpha value is -1.71. The number of hydrogen-bond acceptors (Lipinski definition) is 2. The number of carboxylic acids is 1. The van der Waals surface area contributed by atoms with Crippen LogP contribution in [0.25, 0.3) is 0 Å². The van der Waals surface area contributed by atoms with E-state index in [2.05, 4.69) is 37.2 Å². The quantitative estimate of drug-likeness (QED) is 0.347. The van der Waals surface area contributed by atoms with Crippen molar-refractivity contribution >= 4 is 5.97 Å². The number of allylic oxidation sites excluding steroid dienone is 1. The number of unbranched alkanes of at least 4 members (excludes halogenated alkanes) is 6. The maximum atomic E-state index is 10.6. The molecule has 0 aromatic carbocycles. The fourth-order valence-corrected chi connectivity index (χ4v) is 2.03. The molecule has 0 heterocycles. The molecule has 0 amide bonds. The second-order valence-corrected chi connectivity index (χ2v) is 5.50. The molecule has 0 bridgehead atoms. The van der Waals surface area contributed by atoms with Gasteiger partial charge in [0.2, 0.25) is 0 Å². The SMILES string of the molecule is C=C[C@@H](C#CC#C[C@H](N)CCCCCCCCC)CC(=O)O. The van der Waals surface area contributed by atoms with Gasteiger partial charge in [0.15, 0.2) is 0 Å². The number of nitrogens with two attached hydrogens (primary N) is 1. The predicted octanol–water partition coefficient (Wildman–Crippen LogP) is 3.74. The van der Waals surface area contributed by atoms with Crippen LogP contribution in [0.3, 0.4) is 0 Å². The number of carbonyl (C=O) groups is 1. The third-order valence-corrected chi connectivity index (χ3v) is 3.38. The lowest BCUT2D eigenvalue weighted by Gasteiger charge is -2.03. The summed E-state index contributed by atoms with van der Waals surface area (Å²) in [4.78, 5) is 10.6. The van der Waals surface area contributed by atoms with Gasteiger partial charge in [-0.15, -0.1) is 6.58 Å². The van der Waals surface area contributed by atoms with E-state index in [1.54, 1.807) is 0 Å². The molecule has 2 atom stereocenters. The molecule has 22 heavy (non-hydrogen) atoms. The van der Waals surface area contributed by atoms with Crippen molar-refractivity contribution in [3.63, 3.8) is 0 Å². The Labute approximate surface area is 135 Å². The van der Waals surface area contributed by atoms with Crippen LogP contribution in [-0.4, -0.2) is 17.1 Å². The van der Waals surface area contributed by atoms with Crippen molar-refractivity contribution in [1.82, 2.24) is 0 Å². The molecule has 0 rings (SSSR count). The van der Waals surface area contributed by atoms with Crippen molar-refractivity contribution in [2.75, 3.05) is 0 Å². The minimum absolute atomic E-state index is 0.0394. The average Bonchev–Trinajstić information content (AvgIpc) is 2.49. The van der Waals surface area contributed by atoms with E-state index in [4.69, 9.17) is 10.8 Å². The van der Waals surface area contributed by atoms with Crippen molar-refractivity contribution in [1.29, 1.82) is 0 Å². The van der Waals surface area contributed by atoms with E-state index in [9.17, 15) is 4.79 Å². The van der Waals surface area contributed by atoms with Crippen LogP contribution in [0.2, 0.25) is 0 Å². The van der Waals surface area contributed by atoms with Gasteiger partial charge < -0.3 is 10.8 Å². The highest BCUT2D eigenvalue weighted by Crippen LogP contribution is 2.09. The number of hydrogen-bond donors (Lipinski definition) is 2. The van der Waals surface area contributed by atoms with E-state index >= 15 is 0 Å². The standard InChI is InChI=1S/C19H29NO2/c1-3-5-6-7-8-9-10-14-18(20)15-12-11-13-17(4-2)16-19(21)22/h4,17-18H,2-3,5-10,14,16,20H2,1H3,(H,21,22)/t17-,18+/m0/s1. The summed E-state index contributed by atoms with van der Waals surface area (Å²) in [6.45, 7) is 5.79. The molecular weight excluding hydrogens is 274 g/mol. The highest BCUT2D eigenvalue weighted by atomic mass is 16.4. The fourth-order valence-electron chi connectivity index (χ4n) is 2.03. The molecule has 3 N–H and O–H groups in total. The molecule has 0 aromatic rings. The van der Waals surface area contributed by atoms with E-state index in [0.717, 1.165) is 12.8 Å². The first kappa shape index (κ1) is 20.3. The first-order valence-corrected chi connectivity index (χ1v) is 8.21. The molecule has 3 nitrogen and oxygen atoms in total. The predicted molar refractivity (Wildman–Crippen MR) is 92.1 cm³/mol. The summed E-state index contributed by atoms with van der Waals surface area (Å²) in [6, 6.07) is -0.147. The molecule has 0 aliphatic heterocycles. The van der Waals surface area contributed by atoms with Gasteiger partial charge >= 0.3 is 5.97 Å². The zero-order chi connectivity index (χ0) is 16.6. The number of carboxylic acid groups (broad SMARTS) is 1. The normalized spacial score (nSPS) is 12.3. The van der Waals surface area contributed by atoms with Crippen LogP contribution < -0.4 is 5.73 Å². The van der Waals surface area contributed by atoms with Gasteiger partial charge in [0.05, 0.1) is 12.5 Å². The number of aliphatic carboxylic acids is 1. The zero-order valence-electron chi connectivity index (χ0n) is 13.7. The topological polar surface area (TPSA) is 63.3 Å². The maximum Gasteiger partial charge on any atom is 0.304 e. The molecule has 0 unspecified atom stereocenters. The van der Waals surface area contributed by atoms with Crippen molar-refractivity contribution in [3.05, 3.63) is 12.7 Å². The van der Waals surface area contributed by atoms with Crippen LogP contribution in [0.5, 0.6) is 0 Å². The summed E-state index contributed by atoms with van der Waals surface area (Å²) in [5.74, 6) is 9.82. The smallest absolute Gasteiger partial charge is 0.304 e. The van der Waals surface area contributed by atoms with E-state index in [0.29, 0.717) is 0 Å². The molecule has 0 spiro atoms. The van der Waals surface area contributed by atoms with Gasteiger partial charge in [-0.25, -0.2) is 0 Å². The summed E-state index contributed by atoms with van der Waals surface area (Å²) in [7, 11) is 0. The van der Waals surface area contributed by atoms with Gasteiger partial charge in [-0.05, 0) is 18.3 Å². The summed E-state index contributed by atoms with van der Waals surface area (Å²) in [5.41, 5.74) is 5.91.